The van der Waals surface area contributed by atoms with E-state index < -0.39 is 5.41 Å². The molecule has 1 aliphatic rings. The fourth-order valence-corrected chi connectivity index (χ4v) is 2.76. The molecule has 0 N–H and O–H groups in total. The summed E-state index contributed by atoms with van der Waals surface area (Å²) >= 11 is 0. The van der Waals surface area contributed by atoms with Gasteiger partial charge in [-0.25, -0.2) is 0 Å². The van der Waals surface area contributed by atoms with Gasteiger partial charge in [-0.05, 0) is 18.4 Å². The van der Waals surface area contributed by atoms with E-state index in [1.54, 1.807) is 0 Å². The number of cyclic esters (lactones) is 1. The van der Waals surface area contributed by atoms with E-state index in [4.69, 9.17) is 9.47 Å². The Morgan fingerprint density at radius 3 is 2.52 bits per heavy atom. The minimum atomic E-state index is -0.412. The number of carbonyl (C=O) groups is 2. The van der Waals surface area contributed by atoms with Gasteiger partial charge < -0.3 is 9.47 Å². The highest BCUT2D eigenvalue weighted by atomic mass is 16.6. The second-order valence-electron chi connectivity index (χ2n) is 5.57. The van der Waals surface area contributed by atoms with E-state index in [-0.39, 0.29) is 31.1 Å². The lowest BCUT2D eigenvalue weighted by atomic mass is 9.79. The van der Waals surface area contributed by atoms with Crippen molar-refractivity contribution >= 4 is 11.9 Å². The third-order valence-corrected chi connectivity index (χ3v) is 4.32. The molecular weight excluding hydrogens is 268 g/mol. The van der Waals surface area contributed by atoms with Gasteiger partial charge in [0.15, 0.2) is 0 Å². The molecule has 1 aliphatic heterocycles. The van der Waals surface area contributed by atoms with Gasteiger partial charge in [0.1, 0.15) is 12.7 Å². The fraction of sp³-hybridized carbons (Fsp3) is 0.529. The van der Waals surface area contributed by atoms with Crippen molar-refractivity contribution < 1.29 is 19.1 Å². The standard InChI is InChI=1S/C17H22O4/c1-3-17(4-2)11-14(21-16(17)19)10-15(18)20-12-13-8-6-5-7-9-13/h5-9,14H,3-4,10-12H2,1-2H3/t14-/m1/s1. The Bertz CT molecular complexity index is 491. The molecule has 1 heterocycles. The fourth-order valence-electron chi connectivity index (χ4n) is 2.76. The van der Waals surface area contributed by atoms with Crippen molar-refractivity contribution in [3.05, 3.63) is 35.9 Å². The molecule has 1 fully saturated rings. The van der Waals surface area contributed by atoms with E-state index >= 15 is 0 Å². The molecule has 0 amide bonds. The average Bonchev–Trinajstić information content (AvgIpc) is 2.82. The van der Waals surface area contributed by atoms with Gasteiger partial charge in [0.2, 0.25) is 0 Å². The number of ether oxygens (including phenoxy) is 2. The summed E-state index contributed by atoms with van der Waals surface area (Å²) in [7, 11) is 0. The minimum absolute atomic E-state index is 0.139. The molecule has 1 saturated heterocycles. The van der Waals surface area contributed by atoms with Gasteiger partial charge in [0, 0.05) is 6.42 Å². The van der Waals surface area contributed by atoms with Crippen molar-refractivity contribution in [2.45, 2.75) is 52.2 Å². The number of rotatable bonds is 6. The summed E-state index contributed by atoms with van der Waals surface area (Å²) in [6.45, 7) is 4.23. The van der Waals surface area contributed by atoms with Gasteiger partial charge in [-0.2, -0.15) is 0 Å². The molecule has 0 radical (unpaired) electrons. The smallest absolute Gasteiger partial charge is 0.312 e. The van der Waals surface area contributed by atoms with Crippen LogP contribution < -0.4 is 0 Å². The predicted molar refractivity (Wildman–Crippen MR) is 78.4 cm³/mol. The maximum Gasteiger partial charge on any atom is 0.312 e. The van der Waals surface area contributed by atoms with Crippen LogP contribution in [-0.2, 0) is 25.7 Å². The lowest BCUT2D eigenvalue weighted by molar-refractivity contribution is -0.153. The quantitative estimate of drug-likeness (QED) is 0.755. The molecule has 21 heavy (non-hydrogen) atoms. The third kappa shape index (κ3) is 3.63. The van der Waals surface area contributed by atoms with Crippen molar-refractivity contribution in [1.29, 1.82) is 0 Å². The first-order chi connectivity index (χ1) is 10.1. The average molecular weight is 290 g/mol. The van der Waals surface area contributed by atoms with Crippen LogP contribution in [0.2, 0.25) is 0 Å². The normalized spacial score (nSPS) is 20.1. The van der Waals surface area contributed by atoms with Crippen molar-refractivity contribution in [2.75, 3.05) is 0 Å². The molecule has 0 saturated carbocycles. The number of carbonyl (C=O) groups excluding carboxylic acids is 2. The molecule has 0 unspecified atom stereocenters. The molecular formula is C17H22O4. The SMILES string of the molecule is CCC1(CC)C[C@@H](CC(=O)OCc2ccccc2)OC1=O. The monoisotopic (exact) mass is 290 g/mol. The summed E-state index contributed by atoms with van der Waals surface area (Å²) in [6, 6.07) is 9.53. The Kier molecular flexibility index (Phi) is 4.99. The highest BCUT2D eigenvalue weighted by molar-refractivity contribution is 5.80. The van der Waals surface area contributed by atoms with Crippen LogP contribution in [0.1, 0.15) is 45.1 Å². The van der Waals surface area contributed by atoms with Crippen LogP contribution in [0, 0.1) is 5.41 Å². The van der Waals surface area contributed by atoms with Gasteiger partial charge in [-0.1, -0.05) is 44.2 Å². The Balaban J connectivity index is 1.83. The largest absolute Gasteiger partial charge is 0.461 e. The van der Waals surface area contributed by atoms with E-state index in [1.807, 2.05) is 44.2 Å². The van der Waals surface area contributed by atoms with E-state index in [9.17, 15) is 9.59 Å². The Labute approximate surface area is 125 Å². The van der Waals surface area contributed by atoms with Crippen molar-refractivity contribution in [2.24, 2.45) is 5.41 Å². The number of esters is 2. The second kappa shape index (κ2) is 6.74. The Morgan fingerprint density at radius 2 is 1.95 bits per heavy atom. The van der Waals surface area contributed by atoms with E-state index in [0.29, 0.717) is 6.42 Å². The number of hydrogen-bond acceptors (Lipinski definition) is 4. The van der Waals surface area contributed by atoms with Crippen molar-refractivity contribution in [1.82, 2.24) is 0 Å². The molecule has 0 bridgehead atoms. The molecule has 0 spiro atoms. The first kappa shape index (κ1) is 15.5. The summed E-state index contributed by atoms with van der Waals surface area (Å²) < 4.78 is 10.6. The zero-order valence-corrected chi connectivity index (χ0v) is 12.6. The lowest BCUT2D eigenvalue weighted by Gasteiger charge is -2.19. The van der Waals surface area contributed by atoms with Crippen LogP contribution in [0.4, 0.5) is 0 Å². The molecule has 2 rings (SSSR count). The van der Waals surface area contributed by atoms with Crippen molar-refractivity contribution in [3.8, 4) is 0 Å². The van der Waals surface area contributed by atoms with Gasteiger partial charge in [-0.3, -0.25) is 9.59 Å². The molecule has 1 aromatic rings. The zero-order chi connectivity index (χ0) is 15.3. The molecule has 1 aromatic carbocycles. The van der Waals surface area contributed by atoms with Crippen LogP contribution in [0.15, 0.2) is 30.3 Å². The lowest BCUT2D eigenvalue weighted by Crippen LogP contribution is -2.24. The summed E-state index contributed by atoms with van der Waals surface area (Å²) in [5.41, 5.74) is 0.537. The third-order valence-electron chi connectivity index (χ3n) is 4.32. The zero-order valence-electron chi connectivity index (χ0n) is 12.6. The highest BCUT2D eigenvalue weighted by Crippen LogP contribution is 2.41. The molecule has 4 nitrogen and oxygen atoms in total. The van der Waals surface area contributed by atoms with Gasteiger partial charge in [0.05, 0.1) is 11.8 Å². The minimum Gasteiger partial charge on any atom is -0.461 e. The Hall–Kier alpha value is -1.84. The second-order valence-corrected chi connectivity index (χ2v) is 5.57. The molecule has 114 valence electrons. The summed E-state index contributed by atoms with van der Waals surface area (Å²) in [5.74, 6) is -0.493. The van der Waals surface area contributed by atoms with Crippen LogP contribution in [0.25, 0.3) is 0 Å². The topological polar surface area (TPSA) is 52.6 Å². The maximum absolute atomic E-state index is 12.0. The van der Waals surface area contributed by atoms with E-state index in [2.05, 4.69) is 0 Å². The van der Waals surface area contributed by atoms with Crippen LogP contribution >= 0.6 is 0 Å². The highest BCUT2D eigenvalue weighted by Gasteiger charge is 2.46. The Morgan fingerprint density at radius 1 is 1.29 bits per heavy atom. The molecule has 0 aromatic heterocycles. The van der Waals surface area contributed by atoms with Gasteiger partial charge in [-0.15, -0.1) is 0 Å². The summed E-state index contributed by atoms with van der Waals surface area (Å²) in [6.07, 6.45) is 1.90. The molecule has 1 atom stereocenters. The van der Waals surface area contributed by atoms with E-state index in [1.165, 1.54) is 0 Å². The van der Waals surface area contributed by atoms with Crippen LogP contribution in [-0.4, -0.2) is 18.0 Å². The van der Waals surface area contributed by atoms with Gasteiger partial charge in [0.25, 0.3) is 0 Å². The maximum atomic E-state index is 12.0. The summed E-state index contributed by atoms with van der Waals surface area (Å²) in [4.78, 5) is 23.8. The molecule has 0 aliphatic carbocycles. The van der Waals surface area contributed by atoms with Crippen LogP contribution in [0.3, 0.4) is 0 Å². The van der Waals surface area contributed by atoms with E-state index in [0.717, 1.165) is 18.4 Å². The summed E-state index contributed by atoms with van der Waals surface area (Å²) in [5, 5.41) is 0. The van der Waals surface area contributed by atoms with Crippen LogP contribution in [0.5, 0.6) is 0 Å². The number of hydrogen-bond donors (Lipinski definition) is 0. The van der Waals surface area contributed by atoms with Gasteiger partial charge >= 0.3 is 11.9 Å². The first-order valence-electron chi connectivity index (χ1n) is 7.50. The van der Waals surface area contributed by atoms with Crippen molar-refractivity contribution in [3.63, 3.8) is 0 Å². The molecule has 4 heteroatoms. The predicted octanol–water partition coefficient (Wildman–Crippen LogP) is 3.24. The first-order valence-corrected chi connectivity index (χ1v) is 7.50. The number of benzene rings is 1.